The van der Waals surface area contributed by atoms with Crippen LogP contribution < -0.4 is 25.4 Å². The fourth-order valence-corrected chi connectivity index (χ4v) is 6.84. The molecule has 1 aliphatic heterocycles. The van der Waals surface area contributed by atoms with Crippen molar-refractivity contribution in [1.29, 1.82) is 0 Å². The summed E-state index contributed by atoms with van der Waals surface area (Å²) in [6.45, 7) is 4.20. The van der Waals surface area contributed by atoms with Gasteiger partial charge in [-0.1, -0.05) is 48.0 Å². The molecule has 0 bridgehead atoms. The Hall–Kier alpha value is -4.94. The molecule has 1 fully saturated rings. The van der Waals surface area contributed by atoms with Gasteiger partial charge in [0, 0.05) is 68.1 Å². The van der Waals surface area contributed by atoms with Gasteiger partial charge in [0.25, 0.3) is 15.9 Å². The van der Waals surface area contributed by atoms with E-state index in [0.717, 1.165) is 55.0 Å². The molecule has 4 N–H and O–H groups in total. The summed E-state index contributed by atoms with van der Waals surface area (Å²) in [6.07, 6.45) is 5.11. The average Bonchev–Trinajstić information content (AvgIpc) is 3.15. The number of anilines is 2. The van der Waals surface area contributed by atoms with Crippen molar-refractivity contribution < 1.29 is 22.7 Å². The number of aromatic nitrogens is 1. The topological polar surface area (TPSA) is 131 Å². The van der Waals surface area contributed by atoms with E-state index in [0.29, 0.717) is 42.0 Å². The van der Waals surface area contributed by atoms with Crippen molar-refractivity contribution in [2.75, 3.05) is 43.5 Å². The van der Waals surface area contributed by atoms with Gasteiger partial charge in [-0.05, 0) is 96.1 Å². The number of nitrogens with zero attached hydrogens (tertiary/aromatic N) is 1. The van der Waals surface area contributed by atoms with Gasteiger partial charge in [0.2, 0.25) is 0 Å². The van der Waals surface area contributed by atoms with Gasteiger partial charge in [0.15, 0.2) is 0 Å². The molecule has 1 amide bonds. The van der Waals surface area contributed by atoms with Gasteiger partial charge in [-0.3, -0.25) is 9.78 Å². The number of hydrogen-bond donors (Lipinski definition) is 4. The fourth-order valence-electron chi connectivity index (χ4n) is 5.74. The summed E-state index contributed by atoms with van der Waals surface area (Å²) in [7, 11) is -4.17. The largest absolute Gasteiger partial charge is 0.455 e. The minimum Gasteiger partial charge on any atom is -0.455 e. The second kappa shape index (κ2) is 17.3. The lowest BCUT2D eigenvalue weighted by molar-refractivity contribution is 0.0699. The van der Waals surface area contributed by atoms with E-state index < -0.39 is 15.9 Å². The van der Waals surface area contributed by atoms with Crippen molar-refractivity contribution in [1.82, 2.24) is 15.0 Å². The highest BCUT2D eigenvalue weighted by atomic mass is 35.5. The zero-order chi connectivity index (χ0) is 35.5. The van der Waals surface area contributed by atoms with Crippen molar-refractivity contribution in [2.45, 2.75) is 24.3 Å². The molecule has 10 nitrogen and oxygen atoms in total. The zero-order valence-electron chi connectivity index (χ0n) is 28.0. The summed E-state index contributed by atoms with van der Waals surface area (Å²) in [5.41, 5.74) is 4.95. The van der Waals surface area contributed by atoms with Crippen molar-refractivity contribution >= 4 is 38.9 Å². The van der Waals surface area contributed by atoms with Crippen LogP contribution in [0.25, 0.3) is 11.1 Å². The molecule has 0 aliphatic carbocycles. The lowest BCUT2D eigenvalue weighted by atomic mass is 10.00. The van der Waals surface area contributed by atoms with Gasteiger partial charge < -0.3 is 25.4 Å². The highest BCUT2D eigenvalue weighted by Gasteiger charge is 2.22. The van der Waals surface area contributed by atoms with E-state index in [2.05, 4.69) is 37.8 Å². The van der Waals surface area contributed by atoms with Gasteiger partial charge in [0.05, 0.1) is 16.7 Å². The SMILES string of the molecule is O=C(NS(=O)(=O)c1ccc(NCC2CCOCC2)cc1)c1ccc(NCCNCc2ccccc2-c2ccc(Cl)cc2)cc1Oc1cccnc1. The highest BCUT2D eigenvalue weighted by Crippen LogP contribution is 2.29. The Morgan fingerprint density at radius 2 is 1.63 bits per heavy atom. The summed E-state index contributed by atoms with van der Waals surface area (Å²) in [5.74, 6) is 0.273. The van der Waals surface area contributed by atoms with Crippen LogP contribution in [0.1, 0.15) is 28.8 Å². The maximum Gasteiger partial charge on any atom is 0.268 e. The maximum absolute atomic E-state index is 13.4. The van der Waals surface area contributed by atoms with Crippen LogP contribution in [0.4, 0.5) is 11.4 Å². The molecule has 0 spiro atoms. The second-order valence-corrected chi connectivity index (χ2v) is 14.3. The van der Waals surface area contributed by atoms with E-state index in [9.17, 15) is 13.2 Å². The number of ether oxygens (including phenoxy) is 2. The van der Waals surface area contributed by atoms with Gasteiger partial charge in [0.1, 0.15) is 11.5 Å². The molecule has 0 atom stereocenters. The Balaban J connectivity index is 1.08. The minimum atomic E-state index is -4.17. The van der Waals surface area contributed by atoms with E-state index in [1.54, 1.807) is 42.6 Å². The Kier molecular flexibility index (Phi) is 12.2. The molecular weight excluding hydrogens is 686 g/mol. The number of carbonyl (C=O) groups excluding carboxylic acids is 1. The first-order valence-electron chi connectivity index (χ1n) is 16.8. The summed E-state index contributed by atoms with van der Waals surface area (Å²) in [4.78, 5) is 17.5. The lowest BCUT2D eigenvalue weighted by Gasteiger charge is -2.22. The van der Waals surface area contributed by atoms with E-state index in [1.165, 1.54) is 24.4 Å². The van der Waals surface area contributed by atoms with E-state index in [-0.39, 0.29) is 16.2 Å². The molecule has 6 rings (SSSR count). The van der Waals surface area contributed by atoms with E-state index in [4.69, 9.17) is 21.1 Å². The van der Waals surface area contributed by atoms with Crippen molar-refractivity contribution in [3.8, 4) is 22.6 Å². The molecule has 264 valence electrons. The number of rotatable bonds is 15. The van der Waals surface area contributed by atoms with Gasteiger partial charge in [-0.15, -0.1) is 0 Å². The molecule has 1 aliphatic rings. The zero-order valence-corrected chi connectivity index (χ0v) is 29.6. The standard InChI is InChI=1S/C39H40ClN5O5S/c40-31-9-7-29(8-10-31)36-6-2-1-4-30(36)26-42-20-21-43-33-13-16-37(38(24-33)50-34-5-3-19-41-27-34)39(46)45-51(47,48)35-14-11-32(12-15-35)44-25-28-17-22-49-23-18-28/h1-16,19,24,27-28,42-44H,17-18,20-23,25-26H2,(H,45,46). The Labute approximate surface area is 303 Å². The summed E-state index contributed by atoms with van der Waals surface area (Å²) in [5, 5.41) is 10.9. The third kappa shape index (κ3) is 10.1. The van der Waals surface area contributed by atoms with Crippen LogP contribution in [-0.2, 0) is 21.3 Å². The van der Waals surface area contributed by atoms with Crippen LogP contribution in [0.15, 0.2) is 120 Å². The van der Waals surface area contributed by atoms with Gasteiger partial charge >= 0.3 is 0 Å². The Bertz CT molecular complexity index is 2010. The number of nitrogens with one attached hydrogen (secondary N) is 4. The molecule has 0 saturated carbocycles. The molecular formula is C39H40ClN5O5S. The van der Waals surface area contributed by atoms with Crippen LogP contribution in [0.5, 0.6) is 11.5 Å². The molecule has 12 heteroatoms. The first kappa shape index (κ1) is 35.9. The van der Waals surface area contributed by atoms with Crippen LogP contribution in [0.2, 0.25) is 5.02 Å². The second-order valence-electron chi connectivity index (χ2n) is 12.2. The van der Waals surface area contributed by atoms with E-state index in [1.807, 2.05) is 36.4 Å². The molecule has 4 aromatic carbocycles. The molecule has 0 unspecified atom stereocenters. The molecule has 2 heterocycles. The smallest absolute Gasteiger partial charge is 0.268 e. The maximum atomic E-state index is 13.4. The predicted octanol–water partition coefficient (Wildman–Crippen LogP) is 7.35. The summed E-state index contributed by atoms with van der Waals surface area (Å²) < 4.78 is 40.1. The number of hydrogen-bond acceptors (Lipinski definition) is 9. The first-order valence-corrected chi connectivity index (χ1v) is 18.7. The number of pyridine rings is 1. The fraction of sp³-hybridized carbons (Fsp3) is 0.231. The monoisotopic (exact) mass is 725 g/mol. The Morgan fingerprint density at radius 3 is 2.39 bits per heavy atom. The molecule has 1 saturated heterocycles. The van der Waals surface area contributed by atoms with Crippen LogP contribution in [0, 0.1) is 5.92 Å². The lowest BCUT2D eigenvalue weighted by Crippen LogP contribution is -2.31. The van der Waals surface area contributed by atoms with Crippen LogP contribution in [0.3, 0.4) is 0 Å². The highest BCUT2D eigenvalue weighted by molar-refractivity contribution is 7.90. The third-order valence-electron chi connectivity index (χ3n) is 8.53. The van der Waals surface area contributed by atoms with Gasteiger partial charge in [-0.25, -0.2) is 13.1 Å². The normalized spacial score (nSPS) is 13.4. The number of sulfonamides is 1. The molecule has 0 radical (unpaired) electrons. The first-order chi connectivity index (χ1) is 24.8. The Morgan fingerprint density at radius 1 is 0.863 bits per heavy atom. The van der Waals surface area contributed by atoms with Crippen LogP contribution >= 0.6 is 11.6 Å². The minimum absolute atomic E-state index is 0.0243. The number of halogens is 1. The predicted molar refractivity (Wildman–Crippen MR) is 201 cm³/mol. The quantitative estimate of drug-likeness (QED) is 0.0819. The average molecular weight is 726 g/mol. The number of carbonyl (C=O) groups is 1. The summed E-state index contributed by atoms with van der Waals surface area (Å²) >= 11 is 6.08. The summed E-state index contributed by atoms with van der Waals surface area (Å²) in [6, 6.07) is 30.7. The molecule has 51 heavy (non-hydrogen) atoms. The number of amides is 1. The van der Waals surface area contributed by atoms with Crippen molar-refractivity contribution in [2.24, 2.45) is 5.92 Å². The van der Waals surface area contributed by atoms with Crippen molar-refractivity contribution in [3.05, 3.63) is 132 Å². The van der Waals surface area contributed by atoms with E-state index >= 15 is 0 Å². The van der Waals surface area contributed by atoms with Crippen LogP contribution in [-0.4, -0.2) is 52.2 Å². The number of benzene rings is 4. The molecule has 5 aromatic rings. The third-order valence-corrected chi connectivity index (χ3v) is 10.1. The van der Waals surface area contributed by atoms with Crippen molar-refractivity contribution in [3.63, 3.8) is 0 Å². The van der Waals surface area contributed by atoms with Gasteiger partial charge in [-0.2, -0.15) is 0 Å². The molecule has 1 aromatic heterocycles.